The predicted molar refractivity (Wildman–Crippen MR) is 45.3 cm³/mol. The van der Waals surface area contributed by atoms with Crippen LogP contribution in [0, 0.1) is 5.92 Å². The van der Waals surface area contributed by atoms with Gasteiger partial charge in [-0.3, -0.25) is 4.79 Å². The standard InChI is InChI=1S/C10H12O2/c1-3-7-5-8-9(12-7)4-6(2)10(8)11/h5-6H,3-4H2,1-2H3. The van der Waals surface area contributed by atoms with Crippen LogP contribution in [0.15, 0.2) is 10.5 Å². The highest BCUT2D eigenvalue weighted by Gasteiger charge is 2.30. The molecule has 1 heterocycles. The minimum atomic E-state index is 0.129. The summed E-state index contributed by atoms with van der Waals surface area (Å²) in [4.78, 5) is 11.5. The van der Waals surface area contributed by atoms with E-state index in [9.17, 15) is 4.79 Å². The van der Waals surface area contributed by atoms with Crippen molar-refractivity contribution in [3.05, 3.63) is 23.2 Å². The molecule has 0 saturated carbocycles. The first-order chi connectivity index (χ1) is 5.72. The van der Waals surface area contributed by atoms with E-state index in [1.165, 1.54) is 0 Å². The molecule has 1 atom stereocenters. The van der Waals surface area contributed by atoms with Crippen molar-refractivity contribution in [3.63, 3.8) is 0 Å². The minimum Gasteiger partial charge on any atom is -0.465 e. The highest BCUT2D eigenvalue weighted by molar-refractivity contribution is 6.01. The number of fused-ring (bicyclic) bond motifs is 1. The molecule has 0 fully saturated rings. The zero-order chi connectivity index (χ0) is 8.72. The highest BCUT2D eigenvalue weighted by Crippen LogP contribution is 2.29. The summed E-state index contributed by atoms with van der Waals surface area (Å²) in [6.45, 7) is 3.98. The van der Waals surface area contributed by atoms with Gasteiger partial charge in [-0.1, -0.05) is 13.8 Å². The molecule has 0 N–H and O–H groups in total. The second-order valence-corrected chi connectivity index (χ2v) is 3.37. The van der Waals surface area contributed by atoms with Gasteiger partial charge in [-0.25, -0.2) is 0 Å². The molecule has 2 heteroatoms. The van der Waals surface area contributed by atoms with Crippen molar-refractivity contribution < 1.29 is 9.21 Å². The van der Waals surface area contributed by atoms with Gasteiger partial charge in [0.1, 0.15) is 11.5 Å². The number of hydrogen-bond acceptors (Lipinski definition) is 2. The lowest BCUT2D eigenvalue weighted by Crippen LogP contribution is -2.03. The SMILES string of the molecule is CCc1cc2c(o1)CC(C)C2=O. The molecule has 1 aliphatic rings. The molecule has 2 nitrogen and oxygen atoms in total. The average molecular weight is 164 g/mol. The smallest absolute Gasteiger partial charge is 0.169 e. The third-order valence-corrected chi connectivity index (χ3v) is 2.41. The van der Waals surface area contributed by atoms with Gasteiger partial charge >= 0.3 is 0 Å². The van der Waals surface area contributed by atoms with Crippen molar-refractivity contribution in [1.82, 2.24) is 0 Å². The maximum atomic E-state index is 11.5. The normalized spacial score (nSPS) is 21.5. The monoisotopic (exact) mass is 164 g/mol. The van der Waals surface area contributed by atoms with E-state index in [0.29, 0.717) is 0 Å². The van der Waals surface area contributed by atoms with E-state index in [1.54, 1.807) is 0 Å². The average Bonchev–Trinajstić information content (AvgIpc) is 2.55. The Balaban J connectivity index is 2.42. The predicted octanol–water partition coefficient (Wildman–Crippen LogP) is 2.22. The van der Waals surface area contributed by atoms with Crippen molar-refractivity contribution >= 4 is 5.78 Å². The quantitative estimate of drug-likeness (QED) is 0.637. The fourth-order valence-electron chi connectivity index (χ4n) is 1.65. The first kappa shape index (κ1) is 7.59. The van der Waals surface area contributed by atoms with Gasteiger partial charge in [0, 0.05) is 18.8 Å². The zero-order valence-corrected chi connectivity index (χ0v) is 7.39. The first-order valence-corrected chi connectivity index (χ1v) is 4.38. The summed E-state index contributed by atoms with van der Waals surface area (Å²) in [6, 6.07) is 1.89. The third kappa shape index (κ3) is 0.909. The molecule has 0 aromatic carbocycles. The Morgan fingerprint density at radius 2 is 2.42 bits per heavy atom. The summed E-state index contributed by atoms with van der Waals surface area (Å²) >= 11 is 0. The number of carbonyl (C=O) groups excluding carboxylic acids is 1. The maximum Gasteiger partial charge on any atom is 0.169 e. The Hall–Kier alpha value is -1.05. The lowest BCUT2D eigenvalue weighted by atomic mass is 10.1. The molecule has 0 saturated heterocycles. The summed E-state index contributed by atoms with van der Waals surface area (Å²) < 4.78 is 5.50. The molecule has 1 aromatic heterocycles. The van der Waals surface area contributed by atoms with E-state index in [-0.39, 0.29) is 11.7 Å². The minimum absolute atomic E-state index is 0.129. The number of carbonyl (C=O) groups is 1. The molecule has 0 radical (unpaired) electrons. The molecule has 1 aromatic rings. The van der Waals surface area contributed by atoms with Crippen molar-refractivity contribution in [2.45, 2.75) is 26.7 Å². The molecule has 0 amide bonds. The van der Waals surface area contributed by atoms with E-state index in [4.69, 9.17) is 4.42 Å². The van der Waals surface area contributed by atoms with Crippen LogP contribution in [0.1, 0.15) is 35.7 Å². The summed E-state index contributed by atoms with van der Waals surface area (Å²) in [7, 11) is 0. The Bertz CT molecular complexity index is 323. The molecule has 1 aliphatic carbocycles. The third-order valence-electron chi connectivity index (χ3n) is 2.41. The zero-order valence-electron chi connectivity index (χ0n) is 7.39. The number of rotatable bonds is 1. The number of aryl methyl sites for hydroxylation is 1. The largest absolute Gasteiger partial charge is 0.465 e. The lowest BCUT2D eigenvalue weighted by molar-refractivity contribution is 0.0946. The molecule has 12 heavy (non-hydrogen) atoms. The lowest BCUT2D eigenvalue weighted by Gasteiger charge is -1.95. The summed E-state index contributed by atoms with van der Waals surface area (Å²) in [5.74, 6) is 2.20. The van der Waals surface area contributed by atoms with E-state index >= 15 is 0 Å². The Morgan fingerprint density at radius 3 is 3.00 bits per heavy atom. The van der Waals surface area contributed by atoms with Crippen LogP contribution >= 0.6 is 0 Å². The van der Waals surface area contributed by atoms with E-state index in [1.807, 2.05) is 19.9 Å². The van der Waals surface area contributed by atoms with Crippen molar-refractivity contribution in [2.24, 2.45) is 5.92 Å². The van der Waals surface area contributed by atoms with Gasteiger partial charge in [0.2, 0.25) is 0 Å². The van der Waals surface area contributed by atoms with Crippen LogP contribution in [0.25, 0.3) is 0 Å². The molecular formula is C10H12O2. The number of furan rings is 1. The van der Waals surface area contributed by atoms with Crippen LogP contribution < -0.4 is 0 Å². The van der Waals surface area contributed by atoms with Gasteiger partial charge in [0.25, 0.3) is 0 Å². The molecule has 0 spiro atoms. The second kappa shape index (κ2) is 2.47. The molecule has 64 valence electrons. The van der Waals surface area contributed by atoms with Crippen molar-refractivity contribution in [3.8, 4) is 0 Å². The highest BCUT2D eigenvalue weighted by atomic mass is 16.3. The van der Waals surface area contributed by atoms with Crippen LogP contribution in [-0.4, -0.2) is 5.78 Å². The Labute approximate surface area is 71.6 Å². The Morgan fingerprint density at radius 1 is 1.67 bits per heavy atom. The second-order valence-electron chi connectivity index (χ2n) is 3.37. The summed E-state index contributed by atoms with van der Waals surface area (Å²) in [5, 5.41) is 0. The van der Waals surface area contributed by atoms with Gasteiger partial charge in [-0.05, 0) is 6.07 Å². The van der Waals surface area contributed by atoms with E-state index in [0.717, 1.165) is 29.9 Å². The first-order valence-electron chi connectivity index (χ1n) is 4.38. The van der Waals surface area contributed by atoms with Gasteiger partial charge in [-0.2, -0.15) is 0 Å². The van der Waals surface area contributed by atoms with Crippen molar-refractivity contribution in [1.29, 1.82) is 0 Å². The molecular weight excluding hydrogens is 152 g/mol. The van der Waals surface area contributed by atoms with Crippen LogP contribution in [-0.2, 0) is 12.8 Å². The van der Waals surface area contributed by atoms with E-state index < -0.39 is 0 Å². The van der Waals surface area contributed by atoms with Gasteiger partial charge in [0.15, 0.2) is 5.78 Å². The topological polar surface area (TPSA) is 30.2 Å². The molecule has 0 aliphatic heterocycles. The van der Waals surface area contributed by atoms with Gasteiger partial charge in [-0.15, -0.1) is 0 Å². The van der Waals surface area contributed by atoms with Crippen LogP contribution in [0.3, 0.4) is 0 Å². The van der Waals surface area contributed by atoms with Gasteiger partial charge < -0.3 is 4.42 Å². The van der Waals surface area contributed by atoms with Crippen LogP contribution in [0.4, 0.5) is 0 Å². The van der Waals surface area contributed by atoms with Crippen molar-refractivity contribution in [2.75, 3.05) is 0 Å². The summed E-state index contributed by atoms with van der Waals surface area (Å²) in [6.07, 6.45) is 1.66. The van der Waals surface area contributed by atoms with Crippen LogP contribution in [0.2, 0.25) is 0 Å². The number of hydrogen-bond donors (Lipinski definition) is 0. The Kier molecular flexibility index (Phi) is 1.56. The number of Topliss-reactive ketones (excluding diaryl/α,β-unsaturated/α-hetero) is 1. The van der Waals surface area contributed by atoms with Crippen LogP contribution in [0.5, 0.6) is 0 Å². The summed E-state index contributed by atoms with van der Waals surface area (Å²) in [5.41, 5.74) is 0.819. The molecule has 2 rings (SSSR count). The molecule has 1 unspecified atom stereocenters. The fourth-order valence-corrected chi connectivity index (χ4v) is 1.65. The number of ketones is 1. The maximum absolute atomic E-state index is 11.5. The fraction of sp³-hybridized carbons (Fsp3) is 0.500. The van der Waals surface area contributed by atoms with E-state index in [2.05, 4.69) is 0 Å². The molecule has 0 bridgehead atoms. The van der Waals surface area contributed by atoms with Gasteiger partial charge in [0.05, 0.1) is 5.56 Å².